The highest BCUT2D eigenvalue weighted by Gasteiger charge is 2.09. The van der Waals surface area contributed by atoms with Crippen molar-refractivity contribution in [2.24, 2.45) is 0 Å². The molecule has 2 aromatic rings. The maximum atomic E-state index is 6.12. The summed E-state index contributed by atoms with van der Waals surface area (Å²) in [6.45, 7) is 4.33. The third-order valence-electron chi connectivity index (χ3n) is 2.99. The van der Waals surface area contributed by atoms with Gasteiger partial charge in [0.2, 0.25) is 0 Å². The highest BCUT2D eigenvalue weighted by atomic mass is 35.5. The number of hydrogen-bond donors (Lipinski definition) is 1. The van der Waals surface area contributed by atoms with Crippen LogP contribution in [0.3, 0.4) is 0 Å². The van der Waals surface area contributed by atoms with E-state index < -0.39 is 0 Å². The van der Waals surface area contributed by atoms with E-state index in [1.165, 1.54) is 9.75 Å². The molecular formula is C15H18ClNOS. The van der Waals surface area contributed by atoms with Gasteiger partial charge in [-0.05, 0) is 43.7 Å². The lowest BCUT2D eigenvalue weighted by atomic mass is 10.2. The zero-order valence-electron chi connectivity index (χ0n) is 11.4. The molecule has 1 aromatic carbocycles. The van der Waals surface area contributed by atoms with Gasteiger partial charge in [0.25, 0.3) is 0 Å². The number of ether oxygens (including phenoxy) is 1. The lowest BCUT2D eigenvalue weighted by Gasteiger charge is -2.14. The van der Waals surface area contributed by atoms with Crippen molar-refractivity contribution in [1.29, 1.82) is 0 Å². The van der Waals surface area contributed by atoms with Crippen LogP contribution in [0.4, 0.5) is 5.69 Å². The fourth-order valence-corrected chi connectivity index (χ4v) is 3.11. The van der Waals surface area contributed by atoms with Gasteiger partial charge in [-0.2, -0.15) is 0 Å². The molecule has 1 heterocycles. The number of rotatable bonds is 5. The van der Waals surface area contributed by atoms with Gasteiger partial charge in [-0.3, -0.25) is 0 Å². The Labute approximate surface area is 123 Å². The quantitative estimate of drug-likeness (QED) is 0.824. The molecule has 1 aromatic heterocycles. The van der Waals surface area contributed by atoms with E-state index in [2.05, 4.69) is 31.3 Å². The molecule has 1 N–H and O–H groups in total. The summed E-state index contributed by atoms with van der Waals surface area (Å²) in [6.07, 6.45) is 1.09. The first-order valence-electron chi connectivity index (χ1n) is 6.32. The minimum atomic E-state index is 0.273. The van der Waals surface area contributed by atoms with Crippen molar-refractivity contribution >= 4 is 28.6 Å². The Hall–Kier alpha value is -1.19. The van der Waals surface area contributed by atoms with Crippen molar-refractivity contribution in [2.45, 2.75) is 26.3 Å². The fourth-order valence-electron chi connectivity index (χ4n) is 1.89. The van der Waals surface area contributed by atoms with Crippen LogP contribution in [0.1, 0.15) is 29.6 Å². The number of benzene rings is 1. The summed E-state index contributed by atoms with van der Waals surface area (Å²) in [4.78, 5) is 2.75. The maximum Gasteiger partial charge on any atom is 0.137 e. The minimum absolute atomic E-state index is 0.273. The van der Waals surface area contributed by atoms with E-state index in [9.17, 15) is 0 Å². The molecule has 0 aliphatic carbocycles. The maximum absolute atomic E-state index is 6.12. The summed E-state index contributed by atoms with van der Waals surface area (Å²) >= 11 is 7.98. The second-order valence-corrected chi connectivity index (χ2v) is 5.98. The molecule has 0 radical (unpaired) electrons. The van der Waals surface area contributed by atoms with Gasteiger partial charge in [-0.1, -0.05) is 18.5 Å². The predicted octanol–water partition coefficient (Wildman–Crippen LogP) is 5.15. The van der Waals surface area contributed by atoms with Crippen molar-refractivity contribution in [3.8, 4) is 5.75 Å². The molecular weight excluding hydrogens is 278 g/mol. The number of hydrogen-bond acceptors (Lipinski definition) is 3. The second kappa shape index (κ2) is 6.31. The Morgan fingerprint density at radius 3 is 2.68 bits per heavy atom. The van der Waals surface area contributed by atoms with E-state index in [1.54, 1.807) is 7.11 Å². The summed E-state index contributed by atoms with van der Waals surface area (Å²) < 4.78 is 5.15. The van der Waals surface area contributed by atoms with Crippen LogP contribution in [0.15, 0.2) is 30.3 Å². The smallest absolute Gasteiger partial charge is 0.137 e. The monoisotopic (exact) mass is 295 g/mol. The van der Waals surface area contributed by atoms with Gasteiger partial charge >= 0.3 is 0 Å². The fraction of sp³-hybridized carbons (Fsp3) is 0.333. The normalized spacial score (nSPS) is 12.2. The van der Waals surface area contributed by atoms with E-state index in [0.717, 1.165) is 12.1 Å². The SMILES string of the molecule is CCc1ccc(C(C)Nc2ccc(OC)c(Cl)c2)s1. The molecule has 4 heteroatoms. The lowest BCUT2D eigenvalue weighted by Crippen LogP contribution is -2.04. The Bertz CT molecular complexity index is 553. The van der Waals surface area contributed by atoms with Gasteiger partial charge < -0.3 is 10.1 Å². The second-order valence-electron chi connectivity index (χ2n) is 4.37. The summed E-state index contributed by atoms with van der Waals surface area (Å²) in [7, 11) is 1.62. The molecule has 0 amide bonds. The summed E-state index contributed by atoms with van der Waals surface area (Å²) in [5, 5.41) is 4.08. The number of thiophene rings is 1. The lowest BCUT2D eigenvalue weighted by molar-refractivity contribution is 0.415. The molecule has 0 fully saturated rings. The van der Waals surface area contributed by atoms with Gasteiger partial charge in [0.15, 0.2) is 0 Å². The van der Waals surface area contributed by atoms with Gasteiger partial charge in [0.05, 0.1) is 18.2 Å². The number of nitrogens with one attached hydrogen (secondary N) is 1. The van der Waals surface area contributed by atoms with Crippen LogP contribution < -0.4 is 10.1 Å². The average molecular weight is 296 g/mol. The molecule has 2 rings (SSSR count). The van der Waals surface area contributed by atoms with Crippen LogP contribution in [0.25, 0.3) is 0 Å². The largest absolute Gasteiger partial charge is 0.495 e. The minimum Gasteiger partial charge on any atom is -0.495 e. The van der Waals surface area contributed by atoms with E-state index in [1.807, 2.05) is 29.5 Å². The third kappa shape index (κ3) is 3.43. The van der Waals surface area contributed by atoms with E-state index in [4.69, 9.17) is 16.3 Å². The Morgan fingerprint density at radius 1 is 1.32 bits per heavy atom. The zero-order chi connectivity index (χ0) is 13.8. The number of halogens is 1. The molecule has 0 aliphatic heterocycles. The van der Waals surface area contributed by atoms with Crippen molar-refractivity contribution in [3.63, 3.8) is 0 Å². The Kier molecular flexibility index (Phi) is 4.72. The first-order valence-corrected chi connectivity index (χ1v) is 7.52. The van der Waals surface area contributed by atoms with Crippen LogP contribution in [0.2, 0.25) is 5.02 Å². The van der Waals surface area contributed by atoms with Gasteiger partial charge in [0.1, 0.15) is 5.75 Å². The molecule has 1 atom stereocenters. The molecule has 0 bridgehead atoms. The first-order chi connectivity index (χ1) is 9.13. The summed E-state index contributed by atoms with van der Waals surface area (Å²) in [5.41, 5.74) is 1.00. The molecule has 1 unspecified atom stereocenters. The van der Waals surface area contributed by atoms with Gasteiger partial charge in [-0.15, -0.1) is 11.3 Å². The molecule has 19 heavy (non-hydrogen) atoms. The van der Waals surface area contributed by atoms with E-state index >= 15 is 0 Å². The third-order valence-corrected chi connectivity index (χ3v) is 4.70. The van der Waals surface area contributed by atoms with Crippen LogP contribution in [-0.2, 0) is 6.42 Å². The number of aryl methyl sites for hydroxylation is 1. The predicted molar refractivity (Wildman–Crippen MR) is 83.7 cm³/mol. The van der Waals surface area contributed by atoms with Crippen LogP contribution in [-0.4, -0.2) is 7.11 Å². The van der Waals surface area contributed by atoms with Crippen molar-refractivity contribution in [1.82, 2.24) is 0 Å². The molecule has 0 saturated carbocycles. The Morgan fingerprint density at radius 2 is 2.11 bits per heavy atom. The van der Waals surface area contributed by atoms with E-state index in [-0.39, 0.29) is 6.04 Å². The summed E-state index contributed by atoms with van der Waals surface area (Å²) in [5.74, 6) is 0.698. The highest BCUT2D eigenvalue weighted by molar-refractivity contribution is 7.12. The Balaban J connectivity index is 2.10. The zero-order valence-corrected chi connectivity index (χ0v) is 12.9. The van der Waals surface area contributed by atoms with Crippen LogP contribution in [0, 0.1) is 0 Å². The van der Waals surface area contributed by atoms with Crippen molar-refractivity contribution in [2.75, 3.05) is 12.4 Å². The number of methoxy groups -OCH3 is 1. The molecule has 2 nitrogen and oxygen atoms in total. The topological polar surface area (TPSA) is 21.3 Å². The van der Waals surface area contributed by atoms with E-state index in [0.29, 0.717) is 10.8 Å². The van der Waals surface area contributed by atoms with Gasteiger partial charge in [-0.25, -0.2) is 0 Å². The molecule has 0 saturated heterocycles. The summed E-state index contributed by atoms with van der Waals surface area (Å²) in [6, 6.07) is 10.4. The number of anilines is 1. The molecule has 0 spiro atoms. The standard InChI is InChI=1S/C15H18ClNOS/c1-4-12-6-8-15(19-12)10(2)17-11-5-7-14(18-3)13(16)9-11/h5-10,17H,4H2,1-3H3. The molecule has 102 valence electrons. The average Bonchev–Trinajstić information content (AvgIpc) is 2.88. The van der Waals surface area contributed by atoms with Gasteiger partial charge in [0, 0.05) is 15.4 Å². The first kappa shape index (κ1) is 14.2. The molecule has 0 aliphatic rings. The highest BCUT2D eigenvalue weighted by Crippen LogP contribution is 2.30. The van der Waals surface area contributed by atoms with Crippen molar-refractivity contribution in [3.05, 3.63) is 45.1 Å². The van der Waals surface area contributed by atoms with Crippen molar-refractivity contribution < 1.29 is 4.74 Å². The van der Waals surface area contributed by atoms with Crippen LogP contribution in [0.5, 0.6) is 5.75 Å². The van der Waals surface area contributed by atoms with Crippen LogP contribution >= 0.6 is 22.9 Å².